The van der Waals surface area contributed by atoms with E-state index in [1.807, 2.05) is 13.8 Å². The molecule has 0 aromatic heterocycles. The van der Waals surface area contributed by atoms with Crippen molar-refractivity contribution in [2.75, 3.05) is 26.2 Å². The van der Waals surface area contributed by atoms with Gasteiger partial charge >= 0.3 is 6.18 Å². The van der Waals surface area contributed by atoms with Crippen LogP contribution in [0, 0.1) is 5.92 Å². The Bertz CT molecular complexity index is 155. The van der Waals surface area contributed by atoms with Gasteiger partial charge in [-0.3, -0.25) is 4.90 Å². The summed E-state index contributed by atoms with van der Waals surface area (Å²) in [6, 6.07) is 0. The molecule has 0 aromatic carbocycles. The maximum Gasteiger partial charge on any atom is 0.401 e. The molecule has 0 aromatic rings. The minimum atomic E-state index is -4.11. The molecule has 0 spiro atoms. The lowest BCUT2D eigenvalue weighted by Crippen LogP contribution is -2.39. The molecule has 5 heteroatoms. The molecular formula is C10H21F3N2. The van der Waals surface area contributed by atoms with Gasteiger partial charge in [0.2, 0.25) is 0 Å². The highest BCUT2D eigenvalue weighted by Gasteiger charge is 2.30. The number of alkyl halides is 3. The summed E-state index contributed by atoms with van der Waals surface area (Å²) in [5, 5.41) is 0. The van der Waals surface area contributed by atoms with Gasteiger partial charge < -0.3 is 5.73 Å². The lowest BCUT2D eigenvalue weighted by atomic mass is 10.1. The highest BCUT2D eigenvalue weighted by atomic mass is 19.4. The van der Waals surface area contributed by atoms with Crippen LogP contribution in [-0.4, -0.2) is 37.3 Å². The average molecular weight is 226 g/mol. The van der Waals surface area contributed by atoms with Crippen LogP contribution in [0.1, 0.15) is 26.7 Å². The van der Waals surface area contributed by atoms with Crippen molar-refractivity contribution in [3.63, 3.8) is 0 Å². The predicted molar refractivity (Wildman–Crippen MR) is 55.6 cm³/mol. The second-order valence-electron chi connectivity index (χ2n) is 3.86. The van der Waals surface area contributed by atoms with Crippen molar-refractivity contribution >= 4 is 0 Å². The minimum Gasteiger partial charge on any atom is -0.330 e. The van der Waals surface area contributed by atoms with E-state index in [4.69, 9.17) is 5.73 Å². The lowest BCUT2D eigenvalue weighted by Gasteiger charge is -2.26. The van der Waals surface area contributed by atoms with E-state index >= 15 is 0 Å². The molecule has 1 atom stereocenters. The lowest BCUT2D eigenvalue weighted by molar-refractivity contribution is -0.147. The van der Waals surface area contributed by atoms with E-state index in [1.165, 1.54) is 4.90 Å². The molecule has 0 heterocycles. The van der Waals surface area contributed by atoms with Gasteiger partial charge in [0.05, 0.1) is 6.54 Å². The fraction of sp³-hybridized carbons (Fsp3) is 1.00. The van der Waals surface area contributed by atoms with Gasteiger partial charge in [-0.1, -0.05) is 20.3 Å². The van der Waals surface area contributed by atoms with Gasteiger partial charge in [-0.05, 0) is 25.4 Å². The smallest absolute Gasteiger partial charge is 0.330 e. The Labute approximate surface area is 89.6 Å². The summed E-state index contributed by atoms with van der Waals surface area (Å²) < 4.78 is 36.6. The maximum atomic E-state index is 12.2. The zero-order chi connectivity index (χ0) is 11.9. The van der Waals surface area contributed by atoms with Crippen molar-refractivity contribution in [2.24, 2.45) is 11.7 Å². The summed E-state index contributed by atoms with van der Waals surface area (Å²) in [5.41, 5.74) is 5.48. The number of hydrogen-bond donors (Lipinski definition) is 1. The van der Waals surface area contributed by atoms with E-state index in [0.717, 1.165) is 12.8 Å². The number of rotatable bonds is 7. The van der Waals surface area contributed by atoms with Gasteiger partial charge in [-0.2, -0.15) is 13.2 Å². The Kier molecular flexibility index (Phi) is 6.92. The third-order valence-corrected chi connectivity index (χ3v) is 2.37. The molecule has 0 saturated carbocycles. The predicted octanol–water partition coefficient (Wildman–Crippen LogP) is 2.25. The molecule has 1 unspecified atom stereocenters. The zero-order valence-electron chi connectivity index (χ0n) is 9.48. The monoisotopic (exact) mass is 226 g/mol. The van der Waals surface area contributed by atoms with E-state index in [2.05, 4.69) is 0 Å². The summed E-state index contributed by atoms with van der Waals surface area (Å²) in [5.74, 6) is 0.166. The fourth-order valence-corrected chi connectivity index (χ4v) is 1.54. The molecule has 0 aliphatic rings. The third-order valence-electron chi connectivity index (χ3n) is 2.37. The van der Waals surface area contributed by atoms with Gasteiger partial charge in [0.15, 0.2) is 0 Å². The summed E-state index contributed by atoms with van der Waals surface area (Å²) in [4.78, 5) is 1.45. The van der Waals surface area contributed by atoms with Crippen molar-refractivity contribution < 1.29 is 13.2 Å². The maximum absolute atomic E-state index is 12.2. The molecular weight excluding hydrogens is 205 g/mol. The second kappa shape index (κ2) is 7.06. The first-order chi connectivity index (χ1) is 6.92. The Hall–Kier alpha value is -0.290. The second-order valence-corrected chi connectivity index (χ2v) is 3.86. The fourth-order valence-electron chi connectivity index (χ4n) is 1.54. The normalized spacial score (nSPS) is 14.6. The average Bonchev–Trinajstić information content (AvgIpc) is 2.11. The summed E-state index contributed by atoms with van der Waals surface area (Å²) in [6.45, 7) is 4.39. The van der Waals surface area contributed by atoms with Gasteiger partial charge in [0.25, 0.3) is 0 Å². The first-order valence-corrected chi connectivity index (χ1v) is 5.42. The van der Waals surface area contributed by atoms with Crippen molar-refractivity contribution in [1.29, 1.82) is 0 Å². The molecule has 0 rings (SSSR count). The number of hydrogen-bond acceptors (Lipinski definition) is 2. The van der Waals surface area contributed by atoms with Crippen LogP contribution >= 0.6 is 0 Å². The molecule has 0 fully saturated rings. The number of halogens is 3. The van der Waals surface area contributed by atoms with Crippen LogP contribution in [0.2, 0.25) is 0 Å². The van der Waals surface area contributed by atoms with Crippen LogP contribution in [0.15, 0.2) is 0 Å². The molecule has 0 bridgehead atoms. The summed E-state index contributed by atoms with van der Waals surface area (Å²) >= 11 is 0. The SMILES string of the molecule is CCCN(CC(CC)CN)CC(F)(F)F. The third kappa shape index (κ3) is 7.62. The van der Waals surface area contributed by atoms with Gasteiger partial charge in [0, 0.05) is 6.54 Å². The van der Waals surface area contributed by atoms with Crippen LogP contribution in [0.5, 0.6) is 0 Å². The van der Waals surface area contributed by atoms with Gasteiger partial charge in [-0.15, -0.1) is 0 Å². The van der Waals surface area contributed by atoms with E-state index in [0.29, 0.717) is 19.6 Å². The highest BCUT2D eigenvalue weighted by Crippen LogP contribution is 2.17. The minimum absolute atomic E-state index is 0.166. The van der Waals surface area contributed by atoms with Crippen molar-refractivity contribution in [1.82, 2.24) is 4.90 Å². The van der Waals surface area contributed by atoms with Crippen molar-refractivity contribution in [3.8, 4) is 0 Å². The molecule has 2 N–H and O–H groups in total. The molecule has 15 heavy (non-hydrogen) atoms. The highest BCUT2D eigenvalue weighted by molar-refractivity contribution is 4.68. The Balaban J connectivity index is 4.14. The quantitative estimate of drug-likeness (QED) is 0.721. The molecule has 0 radical (unpaired) electrons. The van der Waals surface area contributed by atoms with Crippen LogP contribution < -0.4 is 5.73 Å². The number of nitrogens with two attached hydrogens (primary N) is 1. The molecule has 92 valence electrons. The van der Waals surface area contributed by atoms with Crippen LogP contribution in [0.25, 0.3) is 0 Å². The van der Waals surface area contributed by atoms with E-state index in [1.54, 1.807) is 0 Å². The van der Waals surface area contributed by atoms with E-state index in [9.17, 15) is 13.2 Å². The topological polar surface area (TPSA) is 29.3 Å². The number of nitrogens with zero attached hydrogens (tertiary/aromatic N) is 1. The summed E-state index contributed by atoms with van der Waals surface area (Å²) in [7, 11) is 0. The Morgan fingerprint density at radius 2 is 1.87 bits per heavy atom. The van der Waals surface area contributed by atoms with Crippen molar-refractivity contribution in [2.45, 2.75) is 32.9 Å². The van der Waals surface area contributed by atoms with E-state index < -0.39 is 12.7 Å². The van der Waals surface area contributed by atoms with Gasteiger partial charge in [-0.25, -0.2) is 0 Å². The molecule has 2 nitrogen and oxygen atoms in total. The van der Waals surface area contributed by atoms with Crippen molar-refractivity contribution in [3.05, 3.63) is 0 Å². The van der Waals surface area contributed by atoms with Crippen LogP contribution in [-0.2, 0) is 0 Å². The van der Waals surface area contributed by atoms with E-state index in [-0.39, 0.29) is 5.92 Å². The first-order valence-electron chi connectivity index (χ1n) is 5.42. The van der Waals surface area contributed by atoms with Gasteiger partial charge in [0.1, 0.15) is 0 Å². The standard InChI is InChI=1S/C10H21F3N2/c1-3-5-15(8-10(11,12)13)7-9(4-2)6-14/h9H,3-8,14H2,1-2H3. The first kappa shape index (κ1) is 14.7. The molecule has 0 saturated heterocycles. The molecule has 0 amide bonds. The summed E-state index contributed by atoms with van der Waals surface area (Å²) in [6.07, 6.45) is -2.55. The molecule has 0 aliphatic heterocycles. The zero-order valence-corrected chi connectivity index (χ0v) is 9.48. The van der Waals surface area contributed by atoms with Crippen LogP contribution in [0.4, 0.5) is 13.2 Å². The largest absolute Gasteiger partial charge is 0.401 e. The Morgan fingerprint density at radius 1 is 1.27 bits per heavy atom. The van der Waals surface area contributed by atoms with Crippen LogP contribution in [0.3, 0.4) is 0 Å². The molecule has 0 aliphatic carbocycles. The Morgan fingerprint density at radius 3 is 2.20 bits per heavy atom.